The Morgan fingerprint density at radius 1 is 1.15 bits per heavy atom. The summed E-state index contributed by atoms with van der Waals surface area (Å²) >= 11 is 4.37. The third kappa shape index (κ3) is 3.64. The maximum absolute atomic E-state index is 10.9. The second-order valence-electron chi connectivity index (χ2n) is 6.11. The molecule has 0 aromatic rings. The lowest BCUT2D eigenvalue weighted by Crippen LogP contribution is -2.50. The monoisotopic (exact) mass is 315 g/mol. The second kappa shape index (κ2) is 6.90. The van der Waals surface area contributed by atoms with E-state index in [0.717, 1.165) is 36.4 Å². The molecule has 3 rings (SSSR count). The standard InChI is InChI=1S/C14H25N3OS2/c15-13(18)9-17-5-3-10(4-6-17)16-11-1-2-12-14(11)20-8-7-19-12/h10-12,14,16H,1-9H2,(H2,15,18)/t11-,12-,14+/m1/s1. The first-order chi connectivity index (χ1) is 9.72. The first kappa shape index (κ1) is 15.0. The van der Waals surface area contributed by atoms with Crippen LogP contribution in [0, 0.1) is 0 Å². The van der Waals surface area contributed by atoms with Gasteiger partial charge in [0.2, 0.25) is 5.91 Å². The predicted octanol–water partition coefficient (Wildman–Crippen LogP) is 0.905. The van der Waals surface area contributed by atoms with Crippen LogP contribution in [0.5, 0.6) is 0 Å². The van der Waals surface area contributed by atoms with Crippen LogP contribution in [0.15, 0.2) is 0 Å². The van der Waals surface area contributed by atoms with E-state index in [1.807, 2.05) is 0 Å². The lowest BCUT2D eigenvalue weighted by molar-refractivity contribution is -0.119. The average molecular weight is 316 g/mol. The van der Waals surface area contributed by atoms with Crippen molar-refractivity contribution in [2.45, 2.75) is 48.3 Å². The Labute approximate surface area is 130 Å². The molecule has 20 heavy (non-hydrogen) atoms. The summed E-state index contributed by atoms with van der Waals surface area (Å²) in [5, 5.41) is 5.63. The SMILES string of the molecule is NC(=O)CN1CCC(N[C@@H]2CC[C@H]3SCCS[C@@H]23)CC1. The summed E-state index contributed by atoms with van der Waals surface area (Å²) < 4.78 is 0. The van der Waals surface area contributed by atoms with Crippen LogP contribution in [0.1, 0.15) is 25.7 Å². The lowest BCUT2D eigenvalue weighted by atomic mass is 10.0. The minimum absolute atomic E-state index is 0.203. The van der Waals surface area contributed by atoms with E-state index in [1.54, 1.807) is 0 Å². The molecular formula is C14H25N3OS2. The Morgan fingerprint density at radius 3 is 2.65 bits per heavy atom. The van der Waals surface area contributed by atoms with Crippen LogP contribution in [0.4, 0.5) is 0 Å². The van der Waals surface area contributed by atoms with Crippen molar-refractivity contribution in [2.75, 3.05) is 31.1 Å². The number of nitrogens with one attached hydrogen (secondary N) is 1. The van der Waals surface area contributed by atoms with Crippen LogP contribution in [0.25, 0.3) is 0 Å². The minimum atomic E-state index is -0.203. The molecule has 3 aliphatic rings. The lowest BCUT2D eigenvalue weighted by Gasteiger charge is -2.35. The van der Waals surface area contributed by atoms with Crippen molar-refractivity contribution in [1.82, 2.24) is 10.2 Å². The highest BCUT2D eigenvalue weighted by atomic mass is 32.2. The number of likely N-dealkylation sites (tertiary alicyclic amines) is 1. The van der Waals surface area contributed by atoms with Crippen LogP contribution in [0.2, 0.25) is 0 Å². The molecule has 2 heterocycles. The van der Waals surface area contributed by atoms with Crippen molar-refractivity contribution in [3.05, 3.63) is 0 Å². The third-order valence-corrected chi connectivity index (χ3v) is 7.98. The van der Waals surface area contributed by atoms with E-state index < -0.39 is 0 Å². The Morgan fingerprint density at radius 2 is 1.90 bits per heavy atom. The van der Waals surface area contributed by atoms with E-state index in [1.165, 1.54) is 24.3 Å². The molecule has 1 saturated carbocycles. The van der Waals surface area contributed by atoms with Gasteiger partial charge in [-0.1, -0.05) is 0 Å². The van der Waals surface area contributed by atoms with Crippen LogP contribution in [0.3, 0.4) is 0 Å². The number of nitrogens with two attached hydrogens (primary N) is 1. The summed E-state index contributed by atoms with van der Waals surface area (Å²) in [7, 11) is 0. The molecule has 0 aromatic heterocycles. The van der Waals surface area contributed by atoms with E-state index >= 15 is 0 Å². The number of primary amides is 1. The van der Waals surface area contributed by atoms with Gasteiger partial charge in [-0.15, -0.1) is 0 Å². The normalized spacial score (nSPS) is 35.9. The van der Waals surface area contributed by atoms with Gasteiger partial charge in [0.1, 0.15) is 0 Å². The van der Waals surface area contributed by atoms with Crippen LogP contribution in [-0.2, 0) is 4.79 Å². The Balaban J connectivity index is 1.44. The fraction of sp³-hybridized carbons (Fsp3) is 0.929. The smallest absolute Gasteiger partial charge is 0.231 e. The van der Waals surface area contributed by atoms with Gasteiger partial charge in [0.15, 0.2) is 0 Å². The highest BCUT2D eigenvalue weighted by Crippen LogP contribution is 2.42. The quantitative estimate of drug-likeness (QED) is 0.807. The van der Waals surface area contributed by atoms with E-state index in [9.17, 15) is 4.79 Å². The molecule has 1 amide bonds. The van der Waals surface area contributed by atoms with E-state index in [2.05, 4.69) is 33.7 Å². The first-order valence-corrected chi connectivity index (χ1v) is 9.82. The van der Waals surface area contributed by atoms with Crippen molar-refractivity contribution < 1.29 is 4.79 Å². The van der Waals surface area contributed by atoms with Gasteiger partial charge in [-0.25, -0.2) is 0 Å². The summed E-state index contributed by atoms with van der Waals surface area (Å²) in [6, 6.07) is 1.35. The number of fused-ring (bicyclic) bond motifs is 1. The third-order valence-electron chi connectivity index (χ3n) is 4.67. The van der Waals surface area contributed by atoms with Crippen molar-refractivity contribution in [2.24, 2.45) is 5.73 Å². The molecule has 3 atom stereocenters. The van der Waals surface area contributed by atoms with Gasteiger partial charge in [-0.05, 0) is 25.7 Å². The van der Waals surface area contributed by atoms with Gasteiger partial charge in [0, 0.05) is 47.2 Å². The molecule has 6 heteroatoms. The summed E-state index contributed by atoms with van der Waals surface area (Å²) in [6.45, 7) is 2.43. The first-order valence-electron chi connectivity index (χ1n) is 7.72. The average Bonchev–Trinajstić information content (AvgIpc) is 2.84. The number of carbonyl (C=O) groups is 1. The van der Waals surface area contributed by atoms with Crippen LogP contribution >= 0.6 is 23.5 Å². The number of rotatable bonds is 4. The fourth-order valence-corrected chi connectivity index (χ4v) is 6.97. The van der Waals surface area contributed by atoms with Crippen molar-refractivity contribution in [1.29, 1.82) is 0 Å². The number of amides is 1. The predicted molar refractivity (Wildman–Crippen MR) is 87.3 cm³/mol. The molecule has 0 unspecified atom stereocenters. The molecule has 0 aromatic carbocycles. The summed E-state index contributed by atoms with van der Waals surface area (Å²) in [4.78, 5) is 13.1. The molecule has 4 nitrogen and oxygen atoms in total. The van der Waals surface area contributed by atoms with Gasteiger partial charge in [-0.2, -0.15) is 23.5 Å². The molecule has 3 fully saturated rings. The highest BCUT2D eigenvalue weighted by molar-refractivity contribution is 8.07. The molecule has 114 valence electrons. The fourth-order valence-electron chi connectivity index (χ4n) is 3.68. The summed E-state index contributed by atoms with van der Waals surface area (Å²) in [6.07, 6.45) is 5.04. The van der Waals surface area contributed by atoms with E-state index in [0.29, 0.717) is 18.6 Å². The van der Waals surface area contributed by atoms with Crippen molar-refractivity contribution in [3.63, 3.8) is 0 Å². The molecule has 2 saturated heterocycles. The van der Waals surface area contributed by atoms with Crippen LogP contribution in [-0.4, -0.2) is 64.5 Å². The number of carbonyl (C=O) groups excluding carboxylic acids is 1. The minimum Gasteiger partial charge on any atom is -0.369 e. The van der Waals surface area contributed by atoms with Gasteiger partial charge >= 0.3 is 0 Å². The van der Waals surface area contributed by atoms with Gasteiger partial charge < -0.3 is 11.1 Å². The molecule has 1 aliphatic carbocycles. The number of piperidine rings is 1. The maximum atomic E-state index is 10.9. The number of thioether (sulfide) groups is 2. The zero-order valence-corrected chi connectivity index (χ0v) is 13.6. The Kier molecular flexibility index (Phi) is 5.18. The number of hydrogen-bond donors (Lipinski definition) is 2. The van der Waals surface area contributed by atoms with Gasteiger partial charge in [0.25, 0.3) is 0 Å². The summed E-state index contributed by atoms with van der Waals surface area (Å²) in [5.74, 6) is 2.45. The number of hydrogen-bond acceptors (Lipinski definition) is 5. The van der Waals surface area contributed by atoms with E-state index in [4.69, 9.17) is 5.73 Å². The largest absolute Gasteiger partial charge is 0.369 e. The Hall–Kier alpha value is 0.0900. The molecule has 0 radical (unpaired) electrons. The highest BCUT2D eigenvalue weighted by Gasteiger charge is 2.39. The molecule has 3 N–H and O–H groups in total. The van der Waals surface area contributed by atoms with Gasteiger partial charge in [0.05, 0.1) is 6.54 Å². The summed E-state index contributed by atoms with van der Waals surface area (Å²) in [5.41, 5.74) is 5.26. The topological polar surface area (TPSA) is 58.4 Å². The number of nitrogens with zero attached hydrogens (tertiary/aromatic N) is 1. The maximum Gasteiger partial charge on any atom is 0.231 e. The molecule has 0 bridgehead atoms. The zero-order chi connectivity index (χ0) is 13.9. The molecule has 2 aliphatic heterocycles. The molecular weight excluding hydrogens is 290 g/mol. The van der Waals surface area contributed by atoms with E-state index in [-0.39, 0.29) is 5.91 Å². The van der Waals surface area contributed by atoms with Crippen molar-refractivity contribution >= 4 is 29.4 Å². The van der Waals surface area contributed by atoms with Crippen LogP contribution < -0.4 is 11.1 Å². The molecule has 0 spiro atoms. The van der Waals surface area contributed by atoms with Gasteiger partial charge in [-0.3, -0.25) is 9.69 Å². The second-order valence-corrected chi connectivity index (χ2v) is 8.74. The van der Waals surface area contributed by atoms with Crippen molar-refractivity contribution in [3.8, 4) is 0 Å². The zero-order valence-electron chi connectivity index (χ0n) is 11.9. The Bertz CT molecular complexity index is 347.